The van der Waals surface area contributed by atoms with Crippen LogP contribution in [0.1, 0.15) is 49.7 Å². The van der Waals surface area contributed by atoms with Gasteiger partial charge in [-0.2, -0.15) is 0 Å². The first-order valence-corrected chi connectivity index (χ1v) is 6.52. The van der Waals surface area contributed by atoms with Crippen molar-refractivity contribution in [1.29, 1.82) is 0 Å². The van der Waals surface area contributed by atoms with Crippen molar-refractivity contribution in [3.05, 3.63) is 29.3 Å². The first-order chi connectivity index (χ1) is 7.86. The van der Waals surface area contributed by atoms with Crippen LogP contribution in [-0.4, -0.2) is 7.11 Å². The van der Waals surface area contributed by atoms with Crippen molar-refractivity contribution in [1.82, 2.24) is 0 Å². The monoisotopic (exact) mass is 216 g/mol. The molecule has 1 saturated carbocycles. The second kappa shape index (κ2) is 3.80. The number of ether oxygens (including phenoxy) is 1. The standard InChI is InChI=1S/C15H20O/c1-16-14-8-4-7-13-12(14)6-5-11-15(13)9-2-3-10-15/h4,7-8H,2-3,5-6,9-11H2,1H3. The van der Waals surface area contributed by atoms with Crippen LogP contribution in [0.25, 0.3) is 0 Å². The quantitative estimate of drug-likeness (QED) is 0.693. The number of hydrogen-bond donors (Lipinski definition) is 0. The fourth-order valence-electron chi connectivity index (χ4n) is 3.82. The van der Waals surface area contributed by atoms with E-state index in [1.165, 1.54) is 50.5 Å². The lowest BCUT2D eigenvalue weighted by atomic mass is 9.69. The Kier molecular flexibility index (Phi) is 2.42. The van der Waals surface area contributed by atoms with Crippen molar-refractivity contribution in [2.75, 3.05) is 7.11 Å². The third kappa shape index (κ3) is 1.37. The topological polar surface area (TPSA) is 9.23 Å². The van der Waals surface area contributed by atoms with Gasteiger partial charge in [-0.3, -0.25) is 0 Å². The number of hydrogen-bond acceptors (Lipinski definition) is 1. The second-order valence-corrected chi connectivity index (χ2v) is 5.33. The Morgan fingerprint density at radius 2 is 1.81 bits per heavy atom. The van der Waals surface area contributed by atoms with E-state index in [1.54, 1.807) is 12.7 Å². The molecule has 0 saturated heterocycles. The molecule has 0 heterocycles. The van der Waals surface area contributed by atoms with E-state index < -0.39 is 0 Å². The van der Waals surface area contributed by atoms with E-state index in [4.69, 9.17) is 4.74 Å². The summed E-state index contributed by atoms with van der Waals surface area (Å²) in [5.41, 5.74) is 3.62. The molecule has 0 amide bonds. The van der Waals surface area contributed by atoms with E-state index in [-0.39, 0.29) is 0 Å². The van der Waals surface area contributed by atoms with Crippen LogP contribution < -0.4 is 4.74 Å². The number of benzene rings is 1. The van der Waals surface area contributed by atoms with Gasteiger partial charge in [0, 0.05) is 0 Å². The molecule has 0 unspecified atom stereocenters. The molecule has 3 rings (SSSR count). The fraction of sp³-hybridized carbons (Fsp3) is 0.600. The third-order valence-corrected chi connectivity index (χ3v) is 4.57. The van der Waals surface area contributed by atoms with Gasteiger partial charge in [0.15, 0.2) is 0 Å². The van der Waals surface area contributed by atoms with Crippen LogP contribution in [0.4, 0.5) is 0 Å². The molecule has 2 aliphatic rings. The summed E-state index contributed by atoms with van der Waals surface area (Å²) in [6.07, 6.45) is 9.56. The Bertz CT molecular complexity index is 388. The van der Waals surface area contributed by atoms with Crippen molar-refractivity contribution in [2.45, 2.75) is 50.4 Å². The van der Waals surface area contributed by atoms with Crippen LogP contribution in [-0.2, 0) is 11.8 Å². The molecule has 0 N–H and O–H groups in total. The molecule has 86 valence electrons. The van der Waals surface area contributed by atoms with Crippen molar-refractivity contribution in [2.24, 2.45) is 0 Å². The normalized spacial score (nSPS) is 22.1. The Morgan fingerprint density at radius 1 is 1.06 bits per heavy atom. The number of methoxy groups -OCH3 is 1. The molecule has 1 aromatic rings. The van der Waals surface area contributed by atoms with Gasteiger partial charge in [0.05, 0.1) is 7.11 Å². The van der Waals surface area contributed by atoms with Gasteiger partial charge >= 0.3 is 0 Å². The summed E-state index contributed by atoms with van der Waals surface area (Å²) in [7, 11) is 1.80. The van der Waals surface area contributed by atoms with Gasteiger partial charge in [-0.15, -0.1) is 0 Å². The maximum Gasteiger partial charge on any atom is 0.122 e. The molecule has 0 atom stereocenters. The highest BCUT2D eigenvalue weighted by Gasteiger charge is 2.39. The Morgan fingerprint density at radius 3 is 2.56 bits per heavy atom. The van der Waals surface area contributed by atoms with E-state index in [2.05, 4.69) is 18.2 Å². The molecule has 0 bridgehead atoms. The molecule has 0 radical (unpaired) electrons. The predicted molar refractivity (Wildman–Crippen MR) is 66.1 cm³/mol. The summed E-state index contributed by atoms with van der Waals surface area (Å²) in [5.74, 6) is 1.11. The summed E-state index contributed by atoms with van der Waals surface area (Å²) in [4.78, 5) is 0. The molecular weight excluding hydrogens is 196 g/mol. The lowest BCUT2D eigenvalue weighted by Gasteiger charge is -2.36. The van der Waals surface area contributed by atoms with E-state index in [0.29, 0.717) is 5.41 Å². The summed E-state index contributed by atoms with van der Waals surface area (Å²) in [6.45, 7) is 0. The van der Waals surface area contributed by atoms with Crippen LogP contribution >= 0.6 is 0 Å². The molecule has 0 aliphatic heterocycles. The van der Waals surface area contributed by atoms with Crippen LogP contribution in [0.3, 0.4) is 0 Å². The predicted octanol–water partition coefficient (Wildman–Crippen LogP) is 3.84. The van der Waals surface area contributed by atoms with Gasteiger partial charge in [0.2, 0.25) is 0 Å². The van der Waals surface area contributed by atoms with Gasteiger partial charge < -0.3 is 4.74 Å². The smallest absolute Gasteiger partial charge is 0.122 e. The molecule has 16 heavy (non-hydrogen) atoms. The van der Waals surface area contributed by atoms with Gasteiger partial charge in [-0.05, 0) is 54.7 Å². The molecule has 2 aliphatic carbocycles. The molecule has 1 fully saturated rings. The average molecular weight is 216 g/mol. The lowest BCUT2D eigenvalue weighted by Crippen LogP contribution is -2.27. The molecule has 1 spiro atoms. The molecule has 1 aromatic carbocycles. The molecule has 0 aromatic heterocycles. The van der Waals surface area contributed by atoms with Crippen LogP contribution in [0.5, 0.6) is 5.75 Å². The fourth-order valence-corrected chi connectivity index (χ4v) is 3.82. The minimum Gasteiger partial charge on any atom is -0.496 e. The highest BCUT2D eigenvalue weighted by Crippen LogP contribution is 2.50. The Hall–Kier alpha value is -0.980. The molecular formula is C15H20O. The van der Waals surface area contributed by atoms with Gasteiger partial charge in [0.25, 0.3) is 0 Å². The SMILES string of the molecule is COc1cccc2c1CCCC21CCCC1. The maximum absolute atomic E-state index is 5.52. The zero-order valence-electron chi connectivity index (χ0n) is 10.1. The van der Waals surface area contributed by atoms with Gasteiger partial charge in [0.1, 0.15) is 5.75 Å². The summed E-state index contributed by atoms with van der Waals surface area (Å²) >= 11 is 0. The largest absolute Gasteiger partial charge is 0.496 e. The highest BCUT2D eigenvalue weighted by atomic mass is 16.5. The first-order valence-electron chi connectivity index (χ1n) is 6.52. The van der Waals surface area contributed by atoms with Crippen molar-refractivity contribution in [3.63, 3.8) is 0 Å². The van der Waals surface area contributed by atoms with Crippen molar-refractivity contribution in [3.8, 4) is 5.75 Å². The highest BCUT2D eigenvalue weighted by molar-refractivity contribution is 5.46. The Balaban J connectivity index is 2.11. The zero-order valence-corrected chi connectivity index (χ0v) is 10.1. The Labute approximate surface area is 97.8 Å². The molecule has 1 nitrogen and oxygen atoms in total. The van der Waals surface area contributed by atoms with E-state index in [1.807, 2.05) is 0 Å². The van der Waals surface area contributed by atoms with Crippen LogP contribution in [0.2, 0.25) is 0 Å². The van der Waals surface area contributed by atoms with E-state index in [0.717, 1.165) is 5.75 Å². The third-order valence-electron chi connectivity index (χ3n) is 4.57. The van der Waals surface area contributed by atoms with E-state index >= 15 is 0 Å². The van der Waals surface area contributed by atoms with Crippen LogP contribution in [0.15, 0.2) is 18.2 Å². The minimum atomic E-state index is 0.516. The summed E-state index contributed by atoms with van der Waals surface area (Å²) in [6, 6.07) is 6.64. The summed E-state index contributed by atoms with van der Waals surface area (Å²) < 4.78 is 5.52. The molecule has 1 heteroatoms. The maximum atomic E-state index is 5.52. The second-order valence-electron chi connectivity index (χ2n) is 5.33. The summed E-state index contributed by atoms with van der Waals surface area (Å²) in [5, 5.41) is 0. The van der Waals surface area contributed by atoms with E-state index in [9.17, 15) is 0 Å². The first kappa shape index (κ1) is 10.2. The van der Waals surface area contributed by atoms with Crippen molar-refractivity contribution < 1.29 is 4.74 Å². The van der Waals surface area contributed by atoms with Crippen LogP contribution in [0, 0.1) is 0 Å². The van der Waals surface area contributed by atoms with Crippen molar-refractivity contribution >= 4 is 0 Å². The number of rotatable bonds is 1. The number of fused-ring (bicyclic) bond motifs is 2. The zero-order chi connectivity index (χ0) is 11.0. The van der Waals surface area contributed by atoms with Gasteiger partial charge in [-0.1, -0.05) is 25.0 Å². The van der Waals surface area contributed by atoms with Gasteiger partial charge in [-0.25, -0.2) is 0 Å². The average Bonchev–Trinajstić information content (AvgIpc) is 2.78. The lowest BCUT2D eigenvalue weighted by molar-refractivity contribution is 0.353. The minimum absolute atomic E-state index is 0.516.